The number of carbonyl (C=O) groups is 1. The van der Waals surface area contributed by atoms with Crippen molar-refractivity contribution in [2.45, 2.75) is 19.8 Å². The van der Waals surface area contributed by atoms with Crippen LogP contribution in [0.15, 0.2) is 53.0 Å². The van der Waals surface area contributed by atoms with Crippen molar-refractivity contribution in [3.8, 4) is 5.75 Å². The van der Waals surface area contributed by atoms with Crippen molar-refractivity contribution >= 4 is 21.9 Å². The van der Waals surface area contributed by atoms with Crippen molar-refractivity contribution in [2.75, 3.05) is 0 Å². The van der Waals surface area contributed by atoms with E-state index < -0.39 is 0 Å². The number of carbonyl (C=O) groups excluding carboxylic acids is 1. The zero-order valence-electron chi connectivity index (χ0n) is 10.9. The van der Waals surface area contributed by atoms with Gasteiger partial charge < -0.3 is 4.74 Å². The van der Waals surface area contributed by atoms with Crippen LogP contribution in [0, 0.1) is 0 Å². The van der Waals surface area contributed by atoms with Crippen LogP contribution in [0.4, 0.5) is 0 Å². The molecule has 0 saturated carbocycles. The summed E-state index contributed by atoms with van der Waals surface area (Å²) >= 11 is 3.44. The van der Waals surface area contributed by atoms with Crippen LogP contribution in [0.2, 0.25) is 0 Å². The summed E-state index contributed by atoms with van der Waals surface area (Å²) < 4.78 is 6.17. The summed E-state index contributed by atoms with van der Waals surface area (Å²) in [6, 6.07) is 14.7. The number of ether oxygens (including phenoxy) is 1. The van der Waals surface area contributed by atoms with Gasteiger partial charge in [0, 0.05) is 0 Å². The molecule has 0 radical (unpaired) electrons. The Bertz CT molecular complexity index is 577. The van der Waals surface area contributed by atoms with Crippen LogP contribution in [0.3, 0.4) is 0 Å². The number of halogens is 1. The smallest absolute Gasteiger partial charge is 0.343 e. The molecule has 0 aliphatic heterocycles. The molecule has 0 atom stereocenters. The first-order valence-corrected chi connectivity index (χ1v) is 6.94. The van der Waals surface area contributed by atoms with Crippen LogP contribution < -0.4 is 4.74 Å². The molecule has 19 heavy (non-hydrogen) atoms. The lowest BCUT2D eigenvalue weighted by Crippen LogP contribution is -2.08. The maximum atomic E-state index is 11.9. The fourth-order valence-electron chi connectivity index (χ4n) is 1.69. The molecule has 0 N–H and O–H groups in total. The van der Waals surface area contributed by atoms with Gasteiger partial charge in [-0.1, -0.05) is 38.1 Å². The average Bonchev–Trinajstić information content (AvgIpc) is 2.41. The maximum absolute atomic E-state index is 11.9. The van der Waals surface area contributed by atoms with Crippen molar-refractivity contribution in [3.05, 3.63) is 64.1 Å². The van der Waals surface area contributed by atoms with Gasteiger partial charge in [-0.25, -0.2) is 4.79 Å². The number of rotatable bonds is 3. The molecule has 0 fully saturated rings. The lowest BCUT2D eigenvalue weighted by atomic mass is 10.0. The fraction of sp³-hybridized carbons (Fsp3) is 0.188. The van der Waals surface area contributed by atoms with E-state index in [1.165, 1.54) is 5.56 Å². The summed E-state index contributed by atoms with van der Waals surface area (Å²) in [5, 5.41) is 0. The molecular formula is C16H15BrO2. The Morgan fingerprint density at radius 1 is 1.11 bits per heavy atom. The zero-order chi connectivity index (χ0) is 13.8. The molecule has 0 saturated heterocycles. The Hall–Kier alpha value is -1.61. The van der Waals surface area contributed by atoms with Crippen molar-refractivity contribution in [1.82, 2.24) is 0 Å². The molecule has 0 unspecified atom stereocenters. The van der Waals surface area contributed by atoms with Crippen molar-refractivity contribution in [1.29, 1.82) is 0 Å². The minimum Gasteiger partial charge on any atom is -0.422 e. The van der Waals surface area contributed by atoms with E-state index in [1.54, 1.807) is 12.1 Å². The van der Waals surface area contributed by atoms with Crippen LogP contribution in [0.1, 0.15) is 35.7 Å². The third kappa shape index (κ3) is 3.44. The minimum atomic E-state index is -0.349. The highest BCUT2D eigenvalue weighted by Gasteiger charge is 2.11. The Balaban J connectivity index is 2.18. The Morgan fingerprint density at radius 3 is 2.37 bits per heavy atom. The minimum absolute atomic E-state index is 0.349. The van der Waals surface area contributed by atoms with Gasteiger partial charge in [0.2, 0.25) is 0 Å². The van der Waals surface area contributed by atoms with Gasteiger partial charge in [-0.15, -0.1) is 0 Å². The van der Waals surface area contributed by atoms with Crippen LogP contribution in [0.25, 0.3) is 0 Å². The molecule has 0 amide bonds. The van der Waals surface area contributed by atoms with Crippen LogP contribution >= 0.6 is 15.9 Å². The highest BCUT2D eigenvalue weighted by Crippen LogP contribution is 2.29. The SMILES string of the molecule is CC(C)c1ccc(OC(=O)c2ccccc2)c(Br)c1. The summed E-state index contributed by atoms with van der Waals surface area (Å²) in [7, 11) is 0. The number of esters is 1. The third-order valence-corrected chi connectivity index (χ3v) is 3.45. The average molecular weight is 319 g/mol. The summed E-state index contributed by atoms with van der Waals surface area (Å²) in [6.45, 7) is 4.24. The first-order valence-electron chi connectivity index (χ1n) is 6.14. The predicted molar refractivity (Wildman–Crippen MR) is 79.6 cm³/mol. The molecule has 2 nitrogen and oxygen atoms in total. The quantitative estimate of drug-likeness (QED) is 0.600. The van der Waals surface area contributed by atoms with Crippen LogP contribution in [0.5, 0.6) is 5.75 Å². The number of benzene rings is 2. The third-order valence-electron chi connectivity index (χ3n) is 2.83. The number of hydrogen-bond acceptors (Lipinski definition) is 2. The predicted octanol–water partition coefficient (Wildman–Crippen LogP) is 4.79. The van der Waals surface area contributed by atoms with Gasteiger partial charge in [-0.05, 0) is 51.7 Å². The van der Waals surface area contributed by atoms with Crippen molar-refractivity contribution in [3.63, 3.8) is 0 Å². The molecule has 2 aromatic rings. The Kier molecular flexibility index (Phi) is 4.38. The summed E-state index contributed by atoms with van der Waals surface area (Å²) in [6.07, 6.45) is 0. The molecule has 3 heteroatoms. The molecule has 0 aliphatic rings. The highest BCUT2D eigenvalue weighted by atomic mass is 79.9. The van der Waals surface area contributed by atoms with Crippen molar-refractivity contribution < 1.29 is 9.53 Å². The van der Waals surface area contributed by atoms with Gasteiger partial charge in [0.15, 0.2) is 0 Å². The van der Waals surface area contributed by atoms with E-state index in [4.69, 9.17) is 4.74 Å². The second-order valence-corrected chi connectivity index (χ2v) is 5.45. The van der Waals surface area contributed by atoms with Crippen LogP contribution in [-0.4, -0.2) is 5.97 Å². The Labute approximate surface area is 121 Å². The van der Waals surface area contributed by atoms with Gasteiger partial charge >= 0.3 is 5.97 Å². The maximum Gasteiger partial charge on any atom is 0.343 e. The normalized spacial score (nSPS) is 10.5. The highest BCUT2D eigenvalue weighted by molar-refractivity contribution is 9.10. The Morgan fingerprint density at radius 2 is 1.79 bits per heavy atom. The lowest BCUT2D eigenvalue weighted by Gasteiger charge is -2.10. The summed E-state index contributed by atoms with van der Waals surface area (Å²) in [5.74, 6) is 0.632. The molecule has 0 aromatic heterocycles. The fourth-order valence-corrected chi connectivity index (χ4v) is 2.17. The molecule has 2 aromatic carbocycles. The zero-order valence-corrected chi connectivity index (χ0v) is 12.5. The molecule has 2 rings (SSSR count). The molecule has 98 valence electrons. The second kappa shape index (κ2) is 6.02. The standard InChI is InChI=1S/C16H15BrO2/c1-11(2)13-8-9-15(14(17)10-13)19-16(18)12-6-4-3-5-7-12/h3-11H,1-2H3. The largest absolute Gasteiger partial charge is 0.422 e. The van der Waals surface area contributed by atoms with E-state index in [0.717, 1.165) is 4.47 Å². The van der Waals surface area contributed by atoms with Gasteiger partial charge in [-0.3, -0.25) is 0 Å². The monoisotopic (exact) mass is 318 g/mol. The van der Waals surface area contributed by atoms with E-state index in [1.807, 2.05) is 36.4 Å². The second-order valence-electron chi connectivity index (χ2n) is 4.60. The van der Waals surface area contributed by atoms with E-state index in [9.17, 15) is 4.79 Å². The van der Waals surface area contributed by atoms with E-state index in [2.05, 4.69) is 29.8 Å². The molecular weight excluding hydrogens is 304 g/mol. The van der Waals surface area contributed by atoms with E-state index >= 15 is 0 Å². The van der Waals surface area contributed by atoms with Gasteiger partial charge in [0.25, 0.3) is 0 Å². The summed E-state index contributed by atoms with van der Waals surface area (Å²) in [4.78, 5) is 11.9. The topological polar surface area (TPSA) is 26.3 Å². The van der Waals surface area contributed by atoms with E-state index in [0.29, 0.717) is 17.2 Å². The molecule has 0 heterocycles. The molecule has 0 bridgehead atoms. The van der Waals surface area contributed by atoms with Gasteiger partial charge in [-0.2, -0.15) is 0 Å². The van der Waals surface area contributed by atoms with Crippen LogP contribution in [-0.2, 0) is 0 Å². The molecule has 0 spiro atoms. The number of hydrogen-bond donors (Lipinski definition) is 0. The van der Waals surface area contributed by atoms with Gasteiger partial charge in [0.1, 0.15) is 5.75 Å². The first-order chi connectivity index (χ1) is 9.08. The summed E-state index contributed by atoms with van der Waals surface area (Å²) in [5.41, 5.74) is 1.74. The molecule has 0 aliphatic carbocycles. The van der Waals surface area contributed by atoms with Crippen molar-refractivity contribution in [2.24, 2.45) is 0 Å². The lowest BCUT2D eigenvalue weighted by molar-refractivity contribution is 0.0733. The first kappa shape index (κ1) is 13.8. The van der Waals surface area contributed by atoms with Gasteiger partial charge in [0.05, 0.1) is 10.0 Å². The van der Waals surface area contributed by atoms with E-state index in [-0.39, 0.29) is 5.97 Å².